The predicted octanol–water partition coefficient (Wildman–Crippen LogP) is 1.65. The number of hydrogen-bond donors (Lipinski definition) is 1. The minimum atomic E-state index is -3.18. The van der Waals surface area contributed by atoms with E-state index in [1.165, 1.54) is 19.3 Å². The third kappa shape index (κ3) is 3.57. The second-order valence-electron chi connectivity index (χ2n) is 5.43. The van der Waals surface area contributed by atoms with Crippen LogP contribution in [0.25, 0.3) is 0 Å². The molecule has 1 aliphatic rings. The lowest BCUT2D eigenvalue weighted by atomic mass is 9.96. The molecule has 108 valence electrons. The van der Waals surface area contributed by atoms with Crippen molar-refractivity contribution in [3.63, 3.8) is 0 Å². The number of hydrogen-bond acceptors (Lipinski definition) is 4. The summed E-state index contributed by atoms with van der Waals surface area (Å²) in [5.74, 6) is -0.00884. The van der Waals surface area contributed by atoms with Gasteiger partial charge in [-0.2, -0.15) is 5.10 Å². The highest BCUT2D eigenvalue weighted by atomic mass is 32.2. The molecule has 1 unspecified atom stereocenters. The SMILES string of the molecule is CC(CN)S(=O)(=O)Cc1ccn(C2CCCCC2)n1. The first kappa shape index (κ1) is 14.5. The lowest BCUT2D eigenvalue weighted by Crippen LogP contribution is -2.28. The number of nitrogens with zero attached hydrogens (tertiary/aromatic N) is 2. The van der Waals surface area contributed by atoms with E-state index in [2.05, 4.69) is 5.10 Å². The zero-order chi connectivity index (χ0) is 13.9. The molecule has 0 spiro atoms. The van der Waals surface area contributed by atoms with E-state index in [0.717, 1.165) is 12.8 Å². The first-order valence-electron chi connectivity index (χ1n) is 6.98. The topological polar surface area (TPSA) is 78.0 Å². The van der Waals surface area contributed by atoms with Crippen LogP contribution in [0.1, 0.15) is 50.8 Å². The lowest BCUT2D eigenvalue weighted by Gasteiger charge is -2.21. The largest absolute Gasteiger partial charge is 0.329 e. The highest BCUT2D eigenvalue weighted by molar-refractivity contribution is 7.91. The van der Waals surface area contributed by atoms with Crippen LogP contribution in [0, 0.1) is 0 Å². The molecule has 0 bridgehead atoms. The van der Waals surface area contributed by atoms with Gasteiger partial charge in [0.05, 0.1) is 22.7 Å². The molecule has 1 aliphatic carbocycles. The van der Waals surface area contributed by atoms with Crippen LogP contribution in [0.15, 0.2) is 12.3 Å². The van der Waals surface area contributed by atoms with E-state index >= 15 is 0 Å². The zero-order valence-corrected chi connectivity index (χ0v) is 12.3. The molecule has 0 aliphatic heterocycles. The highest BCUT2D eigenvalue weighted by Crippen LogP contribution is 2.27. The van der Waals surface area contributed by atoms with Crippen molar-refractivity contribution in [2.45, 2.75) is 56.1 Å². The average molecular weight is 285 g/mol. The first-order valence-corrected chi connectivity index (χ1v) is 8.70. The van der Waals surface area contributed by atoms with Crippen molar-refractivity contribution < 1.29 is 8.42 Å². The Morgan fingerprint density at radius 3 is 2.74 bits per heavy atom. The Bertz CT molecular complexity index is 504. The van der Waals surface area contributed by atoms with Crippen LogP contribution in [-0.4, -0.2) is 30.0 Å². The Morgan fingerprint density at radius 1 is 1.42 bits per heavy atom. The lowest BCUT2D eigenvalue weighted by molar-refractivity contribution is 0.328. The summed E-state index contributed by atoms with van der Waals surface area (Å²) in [6.45, 7) is 1.80. The molecule has 1 aromatic rings. The van der Waals surface area contributed by atoms with E-state index < -0.39 is 15.1 Å². The van der Waals surface area contributed by atoms with Gasteiger partial charge < -0.3 is 5.73 Å². The Hall–Kier alpha value is -0.880. The van der Waals surface area contributed by atoms with Crippen molar-refractivity contribution in [1.29, 1.82) is 0 Å². The van der Waals surface area contributed by atoms with Gasteiger partial charge in [-0.1, -0.05) is 19.3 Å². The Labute approximate surface area is 115 Å². The van der Waals surface area contributed by atoms with Crippen molar-refractivity contribution in [2.24, 2.45) is 5.73 Å². The van der Waals surface area contributed by atoms with E-state index in [-0.39, 0.29) is 12.3 Å². The molecule has 5 nitrogen and oxygen atoms in total. The highest BCUT2D eigenvalue weighted by Gasteiger charge is 2.22. The summed E-state index contributed by atoms with van der Waals surface area (Å²) in [6, 6.07) is 2.26. The molecule has 0 aromatic carbocycles. The summed E-state index contributed by atoms with van der Waals surface area (Å²) >= 11 is 0. The van der Waals surface area contributed by atoms with Gasteiger partial charge >= 0.3 is 0 Å². The molecule has 2 N–H and O–H groups in total. The summed E-state index contributed by atoms with van der Waals surface area (Å²) in [5, 5.41) is 3.93. The Morgan fingerprint density at radius 2 is 2.11 bits per heavy atom. The summed E-state index contributed by atoms with van der Waals surface area (Å²) in [6.07, 6.45) is 7.98. The molecule has 1 fully saturated rings. The summed E-state index contributed by atoms with van der Waals surface area (Å²) in [5.41, 5.74) is 6.06. The summed E-state index contributed by atoms with van der Waals surface area (Å²) in [7, 11) is -3.18. The molecule has 2 rings (SSSR count). The van der Waals surface area contributed by atoms with E-state index in [0.29, 0.717) is 11.7 Å². The van der Waals surface area contributed by atoms with Crippen molar-refractivity contribution >= 4 is 9.84 Å². The minimum absolute atomic E-state index is 0.00884. The van der Waals surface area contributed by atoms with Gasteiger partial charge in [0.15, 0.2) is 9.84 Å². The number of nitrogens with two attached hydrogens (primary N) is 1. The summed E-state index contributed by atoms with van der Waals surface area (Å²) in [4.78, 5) is 0. The maximum Gasteiger partial charge on any atom is 0.159 e. The molecule has 1 aromatic heterocycles. The van der Waals surface area contributed by atoms with Crippen molar-refractivity contribution in [3.05, 3.63) is 18.0 Å². The van der Waals surface area contributed by atoms with Crippen LogP contribution in [0.2, 0.25) is 0 Å². The van der Waals surface area contributed by atoms with Crippen LogP contribution >= 0.6 is 0 Å². The van der Waals surface area contributed by atoms with Crippen LogP contribution in [0.4, 0.5) is 0 Å². The molecule has 1 atom stereocenters. The van der Waals surface area contributed by atoms with Crippen molar-refractivity contribution in [3.8, 4) is 0 Å². The molecule has 0 radical (unpaired) electrons. The zero-order valence-electron chi connectivity index (χ0n) is 11.5. The maximum atomic E-state index is 12.0. The van der Waals surface area contributed by atoms with E-state index in [1.807, 2.05) is 16.9 Å². The van der Waals surface area contributed by atoms with Gasteiger partial charge in [-0.15, -0.1) is 0 Å². The van der Waals surface area contributed by atoms with Gasteiger partial charge in [-0.25, -0.2) is 8.42 Å². The van der Waals surface area contributed by atoms with Gasteiger partial charge in [0, 0.05) is 12.7 Å². The standard InChI is InChI=1S/C13H23N3O2S/c1-11(9-14)19(17,18)10-12-7-8-16(15-12)13-5-3-2-4-6-13/h7-8,11,13H,2-6,9-10,14H2,1H3. The normalized spacial score (nSPS) is 19.5. The van der Waals surface area contributed by atoms with Gasteiger partial charge in [0.25, 0.3) is 0 Å². The summed E-state index contributed by atoms with van der Waals surface area (Å²) < 4.78 is 25.9. The van der Waals surface area contributed by atoms with Crippen LogP contribution in [-0.2, 0) is 15.6 Å². The number of rotatable bonds is 5. The van der Waals surface area contributed by atoms with Gasteiger partial charge in [0.2, 0.25) is 0 Å². The molecule has 0 saturated heterocycles. The monoisotopic (exact) mass is 285 g/mol. The van der Waals surface area contributed by atoms with E-state index in [4.69, 9.17) is 5.73 Å². The van der Waals surface area contributed by atoms with E-state index in [1.54, 1.807) is 6.92 Å². The van der Waals surface area contributed by atoms with Crippen molar-refractivity contribution in [1.82, 2.24) is 9.78 Å². The third-order valence-electron chi connectivity index (χ3n) is 3.91. The molecular weight excluding hydrogens is 262 g/mol. The third-order valence-corrected chi connectivity index (χ3v) is 6.02. The number of aromatic nitrogens is 2. The van der Waals surface area contributed by atoms with Crippen molar-refractivity contribution in [2.75, 3.05) is 6.54 Å². The minimum Gasteiger partial charge on any atom is -0.329 e. The van der Waals surface area contributed by atoms with Gasteiger partial charge in [0.1, 0.15) is 0 Å². The maximum absolute atomic E-state index is 12.0. The number of sulfone groups is 1. The molecule has 19 heavy (non-hydrogen) atoms. The molecule has 1 heterocycles. The molecule has 6 heteroatoms. The fourth-order valence-corrected chi connectivity index (χ4v) is 3.64. The second-order valence-corrected chi connectivity index (χ2v) is 7.85. The Kier molecular flexibility index (Phi) is 4.62. The van der Waals surface area contributed by atoms with Gasteiger partial charge in [-0.05, 0) is 25.8 Å². The first-order chi connectivity index (χ1) is 9.03. The molecule has 1 saturated carbocycles. The quantitative estimate of drug-likeness (QED) is 0.892. The predicted molar refractivity (Wildman–Crippen MR) is 75.5 cm³/mol. The molecule has 0 amide bonds. The average Bonchev–Trinajstić information content (AvgIpc) is 2.86. The van der Waals surface area contributed by atoms with E-state index in [9.17, 15) is 8.42 Å². The van der Waals surface area contributed by atoms with Crippen LogP contribution in [0.5, 0.6) is 0 Å². The van der Waals surface area contributed by atoms with Crippen LogP contribution in [0.3, 0.4) is 0 Å². The second kappa shape index (κ2) is 6.05. The van der Waals surface area contributed by atoms with Gasteiger partial charge in [-0.3, -0.25) is 4.68 Å². The Balaban J connectivity index is 2.05. The fraction of sp³-hybridized carbons (Fsp3) is 0.769. The van der Waals surface area contributed by atoms with Crippen LogP contribution < -0.4 is 5.73 Å². The fourth-order valence-electron chi connectivity index (χ4n) is 2.50. The smallest absolute Gasteiger partial charge is 0.159 e. The molecular formula is C13H23N3O2S.